The Hall–Kier alpha value is -3.22. The fraction of sp³-hybridized carbons (Fsp3) is 0.391. The van der Waals surface area contributed by atoms with Crippen molar-refractivity contribution >= 4 is 16.9 Å². The average molecular weight is 406 g/mol. The van der Waals surface area contributed by atoms with E-state index in [0.29, 0.717) is 24.3 Å². The second kappa shape index (κ2) is 7.89. The van der Waals surface area contributed by atoms with Crippen LogP contribution < -0.4 is 11.2 Å². The van der Waals surface area contributed by atoms with Crippen molar-refractivity contribution in [3.63, 3.8) is 0 Å². The fourth-order valence-electron chi connectivity index (χ4n) is 4.14. The summed E-state index contributed by atoms with van der Waals surface area (Å²) in [6, 6.07) is 9.32. The van der Waals surface area contributed by atoms with Gasteiger partial charge in [0.05, 0.1) is 17.5 Å². The van der Waals surface area contributed by atoms with Gasteiger partial charge in [0, 0.05) is 25.8 Å². The van der Waals surface area contributed by atoms with Crippen molar-refractivity contribution in [3.8, 4) is 0 Å². The minimum atomic E-state index is -0.468. The van der Waals surface area contributed by atoms with Gasteiger partial charge in [0.2, 0.25) is 0 Å². The number of aryl methyl sites for hydroxylation is 3. The second-order valence-electron chi connectivity index (χ2n) is 8.02. The first-order chi connectivity index (χ1) is 14.4. The molecule has 7 nitrogen and oxygen atoms in total. The van der Waals surface area contributed by atoms with Gasteiger partial charge in [-0.2, -0.15) is 0 Å². The van der Waals surface area contributed by atoms with E-state index >= 15 is 0 Å². The number of hydrogen-bond acceptors (Lipinski definition) is 4. The molecule has 0 atom stereocenters. The molecule has 0 bridgehead atoms. The van der Waals surface area contributed by atoms with Gasteiger partial charge < -0.3 is 4.90 Å². The molecule has 30 heavy (non-hydrogen) atoms. The molecule has 7 heteroatoms. The summed E-state index contributed by atoms with van der Waals surface area (Å²) in [4.78, 5) is 46.0. The number of carbonyl (C=O) groups is 1. The van der Waals surface area contributed by atoms with Crippen molar-refractivity contribution in [2.45, 2.75) is 39.7 Å². The van der Waals surface area contributed by atoms with Crippen LogP contribution in [0.3, 0.4) is 0 Å². The maximum Gasteiger partial charge on any atom is 0.332 e. The molecule has 1 aliphatic rings. The number of rotatable bonds is 3. The van der Waals surface area contributed by atoms with E-state index in [4.69, 9.17) is 0 Å². The van der Waals surface area contributed by atoms with E-state index in [1.54, 1.807) is 24.9 Å². The van der Waals surface area contributed by atoms with E-state index in [1.807, 2.05) is 31.2 Å². The van der Waals surface area contributed by atoms with Gasteiger partial charge >= 0.3 is 5.69 Å². The smallest absolute Gasteiger partial charge is 0.332 e. The number of aromatic nitrogens is 3. The highest BCUT2D eigenvalue weighted by Crippen LogP contribution is 2.19. The summed E-state index contributed by atoms with van der Waals surface area (Å²) in [5, 5.41) is 0.215. The molecule has 0 saturated carbocycles. The van der Waals surface area contributed by atoms with Gasteiger partial charge in [-0.25, -0.2) is 9.78 Å². The van der Waals surface area contributed by atoms with E-state index in [-0.39, 0.29) is 23.5 Å². The zero-order valence-corrected chi connectivity index (χ0v) is 17.6. The summed E-state index contributed by atoms with van der Waals surface area (Å²) in [6.45, 7) is 5.24. The Kier molecular flexibility index (Phi) is 5.28. The number of nitrogens with zero attached hydrogens (tertiary/aromatic N) is 4. The number of benzene rings is 1. The second-order valence-corrected chi connectivity index (χ2v) is 8.02. The Morgan fingerprint density at radius 3 is 2.47 bits per heavy atom. The highest BCUT2D eigenvalue weighted by atomic mass is 16.2. The first-order valence-corrected chi connectivity index (χ1v) is 10.3. The number of piperidine rings is 1. The summed E-state index contributed by atoms with van der Waals surface area (Å²) in [5.74, 6) is -0.164. The Balaban J connectivity index is 1.94. The molecular weight excluding hydrogens is 380 g/mol. The molecular formula is C23H26N4O3. The number of amides is 1. The predicted molar refractivity (Wildman–Crippen MR) is 116 cm³/mol. The monoisotopic (exact) mass is 406 g/mol. The van der Waals surface area contributed by atoms with E-state index in [9.17, 15) is 14.4 Å². The van der Waals surface area contributed by atoms with E-state index < -0.39 is 11.2 Å². The van der Waals surface area contributed by atoms with Crippen molar-refractivity contribution in [3.05, 3.63) is 73.6 Å². The zero-order valence-electron chi connectivity index (χ0n) is 17.6. The summed E-state index contributed by atoms with van der Waals surface area (Å²) in [5.41, 5.74) is 2.17. The maximum absolute atomic E-state index is 13.5. The van der Waals surface area contributed by atoms with Crippen LogP contribution in [0, 0.1) is 13.8 Å². The lowest BCUT2D eigenvalue weighted by molar-refractivity contribution is 0.0726. The summed E-state index contributed by atoms with van der Waals surface area (Å²) < 4.78 is 2.57. The van der Waals surface area contributed by atoms with E-state index in [2.05, 4.69) is 4.98 Å². The van der Waals surface area contributed by atoms with Crippen molar-refractivity contribution in [1.82, 2.24) is 19.0 Å². The molecule has 2 aromatic heterocycles. The first-order valence-electron chi connectivity index (χ1n) is 10.3. The standard InChI is InChI=1S/C23H26N4O3/c1-15-9-5-6-10-17(15)14-27-22(29)19-18(21(28)26-11-7-4-8-12-26)13-16(2)24-20(19)25(3)23(27)30/h5-6,9-10,13H,4,7-8,11-12,14H2,1-3H3. The van der Waals surface area contributed by atoms with Gasteiger partial charge in [-0.15, -0.1) is 0 Å². The molecule has 3 aromatic rings. The van der Waals surface area contributed by atoms with E-state index in [1.165, 1.54) is 9.13 Å². The molecule has 3 heterocycles. The van der Waals surface area contributed by atoms with Crippen LogP contribution in [0.1, 0.15) is 46.4 Å². The topological polar surface area (TPSA) is 77.2 Å². The molecule has 0 aliphatic carbocycles. The molecule has 0 unspecified atom stereocenters. The lowest BCUT2D eigenvalue weighted by Gasteiger charge is -2.27. The number of hydrogen-bond donors (Lipinski definition) is 0. The normalized spacial score (nSPS) is 14.3. The fourth-order valence-corrected chi connectivity index (χ4v) is 4.14. The largest absolute Gasteiger partial charge is 0.339 e. The van der Waals surface area contributed by atoms with Crippen LogP contribution in [-0.4, -0.2) is 38.0 Å². The summed E-state index contributed by atoms with van der Waals surface area (Å²) in [6.07, 6.45) is 3.03. The average Bonchev–Trinajstić information content (AvgIpc) is 2.75. The van der Waals surface area contributed by atoms with E-state index in [0.717, 1.165) is 30.4 Å². The number of pyridine rings is 1. The Labute approximate surface area is 174 Å². The minimum Gasteiger partial charge on any atom is -0.339 e. The lowest BCUT2D eigenvalue weighted by atomic mass is 10.1. The SMILES string of the molecule is Cc1cc(C(=O)N2CCCCC2)c2c(=O)n(Cc3ccccc3C)c(=O)n(C)c2n1. The molecule has 0 N–H and O–H groups in total. The van der Waals surface area contributed by atoms with Crippen LogP contribution in [-0.2, 0) is 13.6 Å². The Bertz CT molecular complexity index is 1250. The number of likely N-dealkylation sites (tertiary alicyclic amines) is 1. The van der Waals surface area contributed by atoms with Gasteiger partial charge in [0.1, 0.15) is 5.65 Å². The third kappa shape index (κ3) is 3.44. The first kappa shape index (κ1) is 20.1. The molecule has 1 aliphatic heterocycles. The highest BCUT2D eigenvalue weighted by molar-refractivity contribution is 6.05. The van der Waals surface area contributed by atoms with Crippen LogP contribution in [0.15, 0.2) is 39.9 Å². The third-order valence-electron chi connectivity index (χ3n) is 5.89. The highest BCUT2D eigenvalue weighted by Gasteiger charge is 2.25. The van der Waals surface area contributed by atoms with Crippen LogP contribution in [0.25, 0.3) is 11.0 Å². The molecule has 1 fully saturated rings. The lowest BCUT2D eigenvalue weighted by Crippen LogP contribution is -2.41. The van der Waals surface area contributed by atoms with Gasteiger partial charge in [-0.3, -0.25) is 18.7 Å². The van der Waals surface area contributed by atoms with Crippen molar-refractivity contribution in [1.29, 1.82) is 0 Å². The van der Waals surface area contributed by atoms with Gasteiger partial charge in [0.15, 0.2) is 0 Å². The quantitative estimate of drug-likeness (QED) is 0.669. The van der Waals surface area contributed by atoms with Crippen molar-refractivity contribution in [2.24, 2.45) is 7.05 Å². The Morgan fingerprint density at radius 2 is 1.77 bits per heavy atom. The molecule has 156 valence electrons. The molecule has 4 rings (SSSR count). The van der Waals surface area contributed by atoms with Gasteiger partial charge in [-0.1, -0.05) is 24.3 Å². The van der Waals surface area contributed by atoms with Crippen LogP contribution in [0.2, 0.25) is 0 Å². The number of carbonyl (C=O) groups excluding carboxylic acids is 1. The zero-order chi connectivity index (χ0) is 21.4. The molecule has 1 saturated heterocycles. The summed E-state index contributed by atoms with van der Waals surface area (Å²) in [7, 11) is 1.60. The van der Waals surface area contributed by atoms with Crippen molar-refractivity contribution < 1.29 is 4.79 Å². The minimum absolute atomic E-state index is 0.152. The summed E-state index contributed by atoms with van der Waals surface area (Å²) >= 11 is 0. The predicted octanol–water partition coefficient (Wildman–Crippen LogP) is 2.39. The maximum atomic E-state index is 13.5. The number of fused-ring (bicyclic) bond motifs is 1. The van der Waals surface area contributed by atoms with Crippen LogP contribution in [0.4, 0.5) is 0 Å². The molecule has 1 aromatic carbocycles. The molecule has 0 spiro atoms. The third-order valence-corrected chi connectivity index (χ3v) is 5.89. The van der Waals surface area contributed by atoms with Crippen LogP contribution in [0.5, 0.6) is 0 Å². The molecule has 1 amide bonds. The van der Waals surface area contributed by atoms with Crippen molar-refractivity contribution in [2.75, 3.05) is 13.1 Å². The molecule has 0 radical (unpaired) electrons. The Morgan fingerprint density at radius 1 is 1.07 bits per heavy atom. The van der Waals surface area contributed by atoms with Gasteiger partial charge in [0.25, 0.3) is 11.5 Å². The van der Waals surface area contributed by atoms with Gasteiger partial charge in [-0.05, 0) is 50.3 Å². The van der Waals surface area contributed by atoms with Crippen LogP contribution >= 0.6 is 0 Å².